The Labute approximate surface area is 101 Å². The van der Waals surface area contributed by atoms with Gasteiger partial charge in [-0.2, -0.15) is 0 Å². The minimum Gasteiger partial charge on any atom is -0.465 e. The SMILES string of the molecule is CCOC(=O)[C@@H](N)CNC(=O)C1CCCNC1. The molecule has 1 rings (SSSR count). The zero-order valence-corrected chi connectivity index (χ0v) is 10.2. The Morgan fingerprint density at radius 3 is 2.94 bits per heavy atom. The fourth-order valence-corrected chi connectivity index (χ4v) is 1.76. The zero-order chi connectivity index (χ0) is 12.7. The molecule has 0 bridgehead atoms. The average Bonchev–Trinajstić information content (AvgIpc) is 2.36. The van der Waals surface area contributed by atoms with Crippen molar-refractivity contribution in [1.29, 1.82) is 0 Å². The molecule has 1 fully saturated rings. The molecule has 0 aromatic carbocycles. The van der Waals surface area contributed by atoms with Gasteiger partial charge in [0.05, 0.1) is 12.5 Å². The second kappa shape index (κ2) is 7.24. The van der Waals surface area contributed by atoms with Gasteiger partial charge in [-0.3, -0.25) is 9.59 Å². The van der Waals surface area contributed by atoms with Gasteiger partial charge in [0.25, 0.3) is 0 Å². The fourth-order valence-electron chi connectivity index (χ4n) is 1.76. The first kappa shape index (κ1) is 13.9. The summed E-state index contributed by atoms with van der Waals surface area (Å²) in [5, 5.41) is 5.85. The predicted molar refractivity (Wildman–Crippen MR) is 63.2 cm³/mol. The Morgan fingerprint density at radius 2 is 2.35 bits per heavy atom. The summed E-state index contributed by atoms with van der Waals surface area (Å²) in [6.45, 7) is 3.81. The summed E-state index contributed by atoms with van der Waals surface area (Å²) in [7, 11) is 0. The normalized spacial score (nSPS) is 21.6. The van der Waals surface area contributed by atoms with Crippen LogP contribution in [-0.2, 0) is 14.3 Å². The maximum Gasteiger partial charge on any atom is 0.324 e. The summed E-state index contributed by atoms with van der Waals surface area (Å²) >= 11 is 0. The van der Waals surface area contributed by atoms with E-state index in [1.54, 1.807) is 6.92 Å². The number of amides is 1. The highest BCUT2D eigenvalue weighted by molar-refractivity contribution is 5.81. The molecule has 1 aliphatic rings. The number of carbonyl (C=O) groups is 2. The lowest BCUT2D eigenvalue weighted by Gasteiger charge is -2.22. The molecule has 17 heavy (non-hydrogen) atoms. The van der Waals surface area contributed by atoms with Gasteiger partial charge in [-0.05, 0) is 26.3 Å². The smallest absolute Gasteiger partial charge is 0.324 e. The number of carbonyl (C=O) groups excluding carboxylic acids is 2. The number of nitrogens with two attached hydrogens (primary N) is 1. The lowest BCUT2D eigenvalue weighted by Crippen LogP contribution is -2.47. The topological polar surface area (TPSA) is 93.4 Å². The van der Waals surface area contributed by atoms with E-state index in [0.717, 1.165) is 19.4 Å². The minimum absolute atomic E-state index is 0.0156. The quantitative estimate of drug-likeness (QED) is 0.538. The highest BCUT2D eigenvalue weighted by atomic mass is 16.5. The van der Waals surface area contributed by atoms with Crippen LogP contribution in [0.5, 0.6) is 0 Å². The molecular weight excluding hydrogens is 222 g/mol. The monoisotopic (exact) mass is 243 g/mol. The Morgan fingerprint density at radius 1 is 1.59 bits per heavy atom. The van der Waals surface area contributed by atoms with Crippen molar-refractivity contribution < 1.29 is 14.3 Å². The predicted octanol–water partition coefficient (Wildman–Crippen LogP) is -1.01. The molecule has 0 saturated carbocycles. The van der Waals surface area contributed by atoms with Gasteiger partial charge in [-0.15, -0.1) is 0 Å². The average molecular weight is 243 g/mol. The fraction of sp³-hybridized carbons (Fsp3) is 0.818. The first-order chi connectivity index (χ1) is 8.15. The van der Waals surface area contributed by atoms with E-state index in [1.807, 2.05) is 0 Å². The summed E-state index contributed by atoms with van der Waals surface area (Å²) in [6, 6.07) is -0.782. The standard InChI is InChI=1S/C11H21N3O3/c1-2-17-11(16)9(12)7-14-10(15)8-4-3-5-13-6-8/h8-9,13H,2-7,12H2,1H3,(H,14,15)/t8?,9-/m0/s1. The number of hydrogen-bond acceptors (Lipinski definition) is 5. The number of nitrogens with one attached hydrogen (secondary N) is 2. The van der Waals surface area contributed by atoms with Gasteiger partial charge in [0.15, 0.2) is 0 Å². The molecule has 1 heterocycles. The number of hydrogen-bond donors (Lipinski definition) is 3. The van der Waals surface area contributed by atoms with Crippen molar-refractivity contribution in [3.05, 3.63) is 0 Å². The maximum absolute atomic E-state index is 11.7. The molecule has 4 N–H and O–H groups in total. The second-order valence-corrected chi connectivity index (χ2v) is 4.15. The number of esters is 1. The van der Waals surface area contributed by atoms with Crippen LogP contribution in [-0.4, -0.2) is 44.2 Å². The first-order valence-electron chi connectivity index (χ1n) is 6.05. The molecule has 2 atom stereocenters. The van der Waals surface area contributed by atoms with Crippen molar-refractivity contribution in [3.63, 3.8) is 0 Å². The first-order valence-corrected chi connectivity index (χ1v) is 6.05. The largest absolute Gasteiger partial charge is 0.465 e. The molecule has 0 radical (unpaired) electrons. The van der Waals surface area contributed by atoms with Crippen LogP contribution in [0.2, 0.25) is 0 Å². The summed E-state index contributed by atoms with van der Waals surface area (Å²) in [4.78, 5) is 22.9. The van der Waals surface area contributed by atoms with Gasteiger partial charge in [0, 0.05) is 13.1 Å². The van der Waals surface area contributed by atoms with Crippen molar-refractivity contribution in [1.82, 2.24) is 10.6 Å². The van der Waals surface area contributed by atoms with Crippen molar-refractivity contribution in [2.45, 2.75) is 25.8 Å². The van der Waals surface area contributed by atoms with Gasteiger partial charge in [-0.25, -0.2) is 0 Å². The van der Waals surface area contributed by atoms with Crippen molar-refractivity contribution in [2.24, 2.45) is 11.7 Å². The van der Waals surface area contributed by atoms with Crippen LogP contribution in [0, 0.1) is 5.92 Å². The molecule has 0 spiro atoms. The van der Waals surface area contributed by atoms with Crippen LogP contribution < -0.4 is 16.4 Å². The van der Waals surface area contributed by atoms with Crippen molar-refractivity contribution in [3.8, 4) is 0 Å². The summed E-state index contributed by atoms with van der Waals surface area (Å²) in [6.07, 6.45) is 1.88. The van der Waals surface area contributed by atoms with Crippen LogP contribution in [0.15, 0.2) is 0 Å². The Bertz CT molecular complexity index is 265. The Kier molecular flexibility index (Phi) is 5.93. The molecule has 1 unspecified atom stereocenters. The van der Waals surface area contributed by atoms with Gasteiger partial charge in [0.1, 0.15) is 6.04 Å². The number of piperidine rings is 1. The molecule has 6 heteroatoms. The van der Waals surface area contributed by atoms with E-state index >= 15 is 0 Å². The van der Waals surface area contributed by atoms with Crippen molar-refractivity contribution in [2.75, 3.05) is 26.2 Å². The molecule has 98 valence electrons. The Hall–Kier alpha value is -1.14. The molecule has 0 aromatic heterocycles. The Balaban J connectivity index is 2.24. The third kappa shape index (κ3) is 4.70. The zero-order valence-electron chi connectivity index (χ0n) is 10.2. The number of rotatable bonds is 5. The van der Waals surface area contributed by atoms with E-state index in [4.69, 9.17) is 10.5 Å². The lowest BCUT2D eigenvalue weighted by atomic mass is 9.99. The molecule has 1 saturated heterocycles. The van der Waals surface area contributed by atoms with Crippen LogP contribution in [0.4, 0.5) is 0 Å². The lowest BCUT2D eigenvalue weighted by molar-refractivity contribution is -0.144. The van der Waals surface area contributed by atoms with E-state index < -0.39 is 12.0 Å². The van der Waals surface area contributed by atoms with E-state index in [1.165, 1.54) is 0 Å². The molecular formula is C11H21N3O3. The second-order valence-electron chi connectivity index (χ2n) is 4.15. The maximum atomic E-state index is 11.7. The summed E-state index contributed by atoms with van der Waals surface area (Å²) < 4.78 is 4.75. The van der Waals surface area contributed by atoms with Gasteiger partial charge < -0.3 is 21.1 Å². The molecule has 6 nitrogen and oxygen atoms in total. The van der Waals surface area contributed by atoms with E-state index in [0.29, 0.717) is 13.2 Å². The van der Waals surface area contributed by atoms with E-state index in [9.17, 15) is 9.59 Å². The third-order valence-electron chi connectivity index (χ3n) is 2.75. The highest BCUT2D eigenvalue weighted by Crippen LogP contribution is 2.09. The van der Waals surface area contributed by atoms with E-state index in [2.05, 4.69) is 10.6 Å². The minimum atomic E-state index is -0.782. The van der Waals surface area contributed by atoms with Crippen LogP contribution in [0.25, 0.3) is 0 Å². The van der Waals surface area contributed by atoms with E-state index in [-0.39, 0.29) is 18.4 Å². The number of ether oxygens (including phenoxy) is 1. The van der Waals surface area contributed by atoms with Gasteiger partial charge in [0.2, 0.25) is 5.91 Å². The van der Waals surface area contributed by atoms with Crippen LogP contribution in [0.3, 0.4) is 0 Å². The molecule has 1 amide bonds. The molecule has 0 aromatic rings. The van der Waals surface area contributed by atoms with Crippen LogP contribution >= 0.6 is 0 Å². The summed E-state index contributed by atoms with van der Waals surface area (Å²) in [5.74, 6) is -0.537. The van der Waals surface area contributed by atoms with Gasteiger partial charge >= 0.3 is 5.97 Å². The molecule has 0 aliphatic carbocycles. The highest BCUT2D eigenvalue weighted by Gasteiger charge is 2.22. The van der Waals surface area contributed by atoms with Crippen LogP contribution in [0.1, 0.15) is 19.8 Å². The summed E-state index contributed by atoms with van der Waals surface area (Å²) in [5.41, 5.74) is 5.58. The molecule has 1 aliphatic heterocycles. The van der Waals surface area contributed by atoms with Crippen molar-refractivity contribution >= 4 is 11.9 Å². The van der Waals surface area contributed by atoms with Gasteiger partial charge in [-0.1, -0.05) is 0 Å². The third-order valence-corrected chi connectivity index (χ3v) is 2.75.